The van der Waals surface area contributed by atoms with Crippen molar-refractivity contribution in [3.63, 3.8) is 0 Å². The number of carbonyl (C=O) groups is 1. The first-order valence-electron chi connectivity index (χ1n) is 10.2. The largest absolute Gasteiger partial charge is 0.478 e. The van der Waals surface area contributed by atoms with Gasteiger partial charge in [0.2, 0.25) is 0 Å². The molecule has 1 fully saturated rings. The van der Waals surface area contributed by atoms with Gasteiger partial charge in [-0.3, -0.25) is 9.69 Å². The van der Waals surface area contributed by atoms with Crippen LogP contribution in [0.1, 0.15) is 25.0 Å². The van der Waals surface area contributed by atoms with E-state index in [4.69, 9.17) is 4.74 Å². The predicted molar refractivity (Wildman–Crippen MR) is 114 cm³/mol. The number of piperazine rings is 1. The fourth-order valence-electron chi connectivity index (χ4n) is 3.68. The van der Waals surface area contributed by atoms with Crippen molar-refractivity contribution in [1.29, 1.82) is 0 Å². The fourth-order valence-corrected chi connectivity index (χ4v) is 3.68. The summed E-state index contributed by atoms with van der Waals surface area (Å²) in [5, 5.41) is 0. The molecule has 0 amide bonds. The van der Waals surface area contributed by atoms with Crippen LogP contribution in [-0.2, 0) is 27.3 Å². The van der Waals surface area contributed by atoms with E-state index in [-0.39, 0.29) is 30.3 Å². The number of hydrogen-bond acceptors (Lipinski definition) is 6. The summed E-state index contributed by atoms with van der Waals surface area (Å²) in [6, 6.07) is 13.5. The van der Waals surface area contributed by atoms with Gasteiger partial charge in [-0.15, -0.1) is 0 Å². The number of rotatable bonds is 7. The van der Waals surface area contributed by atoms with Crippen LogP contribution < -0.4 is 4.74 Å². The molecule has 2 aromatic carbocycles. The molecule has 1 aliphatic rings. The minimum atomic E-state index is -0.289. The Labute approximate surface area is 181 Å². The highest BCUT2D eigenvalue weighted by Gasteiger charge is 2.34. The number of nitrogens with zero attached hydrogens (tertiary/aromatic N) is 2. The quantitative estimate of drug-likeness (QED) is 0.501. The molecule has 0 radical (unpaired) electrons. The Morgan fingerprint density at radius 1 is 1.10 bits per heavy atom. The second-order valence-corrected chi connectivity index (χ2v) is 7.71. The SMILES string of the molecule is COC(=O)Cc1ccc(OCN2C[C@H](C)N(Cc3ccc(F)cc3)C(=C=O)[C@H]2C)cc1. The molecule has 0 aromatic heterocycles. The first-order valence-corrected chi connectivity index (χ1v) is 10.2. The van der Waals surface area contributed by atoms with E-state index in [9.17, 15) is 14.0 Å². The van der Waals surface area contributed by atoms with Crippen molar-refractivity contribution in [2.75, 3.05) is 20.4 Å². The summed E-state index contributed by atoms with van der Waals surface area (Å²) in [6.07, 6.45) is 0.217. The van der Waals surface area contributed by atoms with Crippen LogP contribution in [0, 0.1) is 5.82 Å². The van der Waals surface area contributed by atoms with E-state index >= 15 is 0 Å². The second kappa shape index (κ2) is 10.2. The Morgan fingerprint density at radius 3 is 2.35 bits per heavy atom. The van der Waals surface area contributed by atoms with Gasteiger partial charge in [0, 0.05) is 19.1 Å². The molecule has 1 aliphatic heterocycles. The molecule has 2 atom stereocenters. The minimum absolute atomic E-state index is 0.0590. The van der Waals surface area contributed by atoms with Crippen LogP contribution in [0.2, 0.25) is 0 Å². The van der Waals surface area contributed by atoms with Gasteiger partial charge in [-0.25, -0.2) is 9.18 Å². The van der Waals surface area contributed by atoms with E-state index in [1.165, 1.54) is 19.2 Å². The number of ether oxygens (including phenoxy) is 2. The number of benzene rings is 2. The summed E-state index contributed by atoms with van der Waals surface area (Å²) >= 11 is 0. The molecule has 0 aliphatic carbocycles. The van der Waals surface area contributed by atoms with Crippen LogP contribution >= 0.6 is 0 Å². The normalized spacial score (nSPS) is 19.1. The van der Waals surface area contributed by atoms with E-state index in [2.05, 4.69) is 15.6 Å². The zero-order valence-electron chi connectivity index (χ0n) is 18.0. The number of methoxy groups -OCH3 is 1. The van der Waals surface area contributed by atoms with Crippen LogP contribution in [-0.4, -0.2) is 54.2 Å². The van der Waals surface area contributed by atoms with Crippen LogP contribution in [0.15, 0.2) is 54.2 Å². The smallest absolute Gasteiger partial charge is 0.309 e. The summed E-state index contributed by atoms with van der Waals surface area (Å²) in [6.45, 7) is 5.53. The van der Waals surface area contributed by atoms with Crippen LogP contribution in [0.5, 0.6) is 5.75 Å². The summed E-state index contributed by atoms with van der Waals surface area (Å²) in [5.41, 5.74) is 2.34. The topological polar surface area (TPSA) is 59.1 Å². The standard InChI is InChI=1S/C24H27FN2O4/c1-17-13-26(16-31-22-10-6-19(7-11-22)12-24(29)30-3)18(2)23(15-28)27(17)14-20-4-8-21(25)9-5-20/h4-11,17-18H,12-14,16H2,1-3H3/t17-,18+/m0/s1. The van der Waals surface area contributed by atoms with Gasteiger partial charge < -0.3 is 14.4 Å². The van der Waals surface area contributed by atoms with Crippen molar-refractivity contribution >= 4 is 11.9 Å². The lowest BCUT2D eigenvalue weighted by Crippen LogP contribution is -2.55. The highest BCUT2D eigenvalue weighted by molar-refractivity contribution is 5.72. The third-order valence-electron chi connectivity index (χ3n) is 5.55. The maximum atomic E-state index is 13.2. The minimum Gasteiger partial charge on any atom is -0.478 e. The molecule has 31 heavy (non-hydrogen) atoms. The van der Waals surface area contributed by atoms with Crippen LogP contribution in [0.3, 0.4) is 0 Å². The Kier molecular flexibility index (Phi) is 7.45. The molecule has 0 bridgehead atoms. The zero-order valence-corrected chi connectivity index (χ0v) is 18.0. The van der Waals surface area contributed by atoms with Gasteiger partial charge in [0.15, 0.2) is 0 Å². The molecule has 0 saturated carbocycles. The first kappa shape index (κ1) is 22.5. The maximum absolute atomic E-state index is 13.2. The fraction of sp³-hybridized carbons (Fsp3) is 0.375. The average molecular weight is 426 g/mol. The van der Waals surface area contributed by atoms with Gasteiger partial charge in [0.05, 0.1) is 19.6 Å². The van der Waals surface area contributed by atoms with E-state index in [0.29, 0.717) is 31.3 Å². The highest BCUT2D eigenvalue weighted by Crippen LogP contribution is 2.26. The Morgan fingerprint density at radius 2 is 1.74 bits per heavy atom. The van der Waals surface area contributed by atoms with Crippen molar-refractivity contribution in [1.82, 2.24) is 9.80 Å². The van der Waals surface area contributed by atoms with E-state index in [1.54, 1.807) is 12.1 Å². The monoisotopic (exact) mass is 426 g/mol. The van der Waals surface area contributed by atoms with Gasteiger partial charge in [-0.05, 0) is 49.2 Å². The van der Waals surface area contributed by atoms with E-state index in [1.807, 2.05) is 43.0 Å². The molecule has 1 heterocycles. The van der Waals surface area contributed by atoms with Crippen LogP contribution in [0.25, 0.3) is 0 Å². The lowest BCUT2D eigenvalue weighted by Gasteiger charge is -2.45. The number of esters is 1. The summed E-state index contributed by atoms with van der Waals surface area (Å²) in [7, 11) is 1.36. The molecule has 3 rings (SSSR count). The van der Waals surface area contributed by atoms with Crippen molar-refractivity contribution in [3.8, 4) is 5.75 Å². The Bertz CT molecular complexity index is 939. The number of hydrogen-bond donors (Lipinski definition) is 0. The van der Waals surface area contributed by atoms with Crippen molar-refractivity contribution < 1.29 is 23.5 Å². The second-order valence-electron chi connectivity index (χ2n) is 7.71. The molecule has 164 valence electrons. The Hall–Kier alpha value is -3.15. The molecule has 0 spiro atoms. The third-order valence-corrected chi connectivity index (χ3v) is 5.55. The van der Waals surface area contributed by atoms with Crippen LogP contribution in [0.4, 0.5) is 4.39 Å². The zero-order chi connectivity index (χ0) is 22.4. The van der Waals surface area contributed by atoms with Crippen molar-refractivity contribution in [2.24, 2.45) is 0 Å². The molecular weight excluding hydrogens is 399 g/mol. The van der Waals surface area contributed by atoms with Crippen molar-refractivity contribution in [2.45, 2.75) is 38.9 Å². The Balaban J connectivity index is 1.61. The molecule has 6 nitrogen and oxygen atoms in total. The maximum Gasteiger partial charge on any atom is 0.309 e. The summed E-state index contributed by atoms with van der Waals surface area (Å²) in [4.78, 5) is 27.2. The molecule has 0 N–H and O–H groups in total. The molecular formula is C24H27FN2O4. The van der Waals surface area contributed by atoms with Gasteiger partial charge in [0.1, 0.15) is 29.9 Å². The predicted octanol–water partition coefficient (Wildman–Crippen LogP) is 3.19. The van der Waals surface area contributed by atoms with Gasteiger partial charge in [0.25, 0.3) is 0 Å². The first-order chi connectivity index (χ1) is 14.9. The van der Waals surface area contributed by atoms with Crippen molar-refractivity contribution in [3.05, 3.63) is 71.2 Å². The van der Waals surface area contributed by atoms with Gasteiger partial charge in [-0.2, -0.15) is 0 Å². The molecule has 2 aromatic rings. The highest BCUT2D eigenvalue weighted by atomic mass is 19.1. The number of halogens is 1. The summed E-state index contributed by atoms with van der Waals surface area (Å²) < 4.78 is 23.8. The average Bonchev–Trinajstić information content (AvgIpc) is 2.77. The van der Waals surface area contributed by atoms with E-state index in [0.717, 1.165) is 11.1 Å². The lowest BCUT2D eigenvalue weighted by molar-refractivity contribution is -0.139. The lowest BCUT2D eigenvalue weighted by atomic mass is 10.0. The molecule has 7 heteroatoms. The number of carbonyl (C=O) groups excluding carboxylic acids is 2. The summed E-state index contributed by atoms with van der Waals surface area (Å²) in [5.74, 6) is 2.21. The molecule has 1 saturated heterocycles. The van der Waals surface area contributed by atoms with Gasteiger partial charge in [-0.1, -0.05) is 24.3 Å². The van der Waals surface area contributed by atoms with E-state index < -0.39 is 0 Å². The van der Waals surface area contributed by atoms with Gasteiger partial charge >= 0.3 is 5.97 Å². The molecule has 0 unspecified atom stereocenters. The third kappa shape index (κ3) is 5.72.